The fourth-order valence-corrected chi connectivity index (χ4v) is 4.34. The fraction of sp³-hybridized carbons (Fsp3) is 0.889. The Balaban J connectivity index is 0. The average Bonchev–Trinajstić information content (AvgIpc) is 2.44. The van der Waals surface area contributed by atoms with Crippen molar-refractivity contribution in [1.82, 2.24) is 9.80 Å². The van der Waals surface area contributed by atoms with Gasteiger partial charge in [0.15, 0.2) is 0 Å². The van der Waals surface area contributed by atoms with Crippen LogP contribution in [-0.4, -0.2) is 75.2 Å². The Bertz CT molecular complexity index is 301. The molecule has 4 rings (SSSR count). The Labute approximate surface area is 201 Å². The number of hydrogen-bond acceptors (Lipinski definition) is 2. The maximum Gasteiger partial charge on any atom is 0.00619 e. The van der Waals surface area contributed by atoms with E-state index in [1.54, 1.807) is 0 Å². The van der Waals surface area contributed by atoms with Crippen molar-refractivity contribution in [1.29, 1.82) is 0 Å². The molecule has 0 aromatic rings. The third kappa shape index (κ3) is 8.38. The van der Waals surface area contributed by atoms with Gasteiger partial charge in [0.2, 0.25) is 0 Å². The first-order valence-electron chi connectivity index (χ1n) is 8.39. The van der Waals surface area contributed by atoms with E-state index in [2.05, 4.69) is 34.5 Å². The van der Waals surface area contributed by atoms with Crippen LogP contribution in [0.25, 0.3) is 10.6 Å². The molecule has 4 fully saturated rings. The van der Waals surface area contributed by atoms with E-state index in [1.165, 1.54) is 45.3 Å². The van der Waals surface area contributed by atoms with Gasteiger partial charge in [-0.25, -0.2) is 0 Å². The van der Waals surface area contributed by atoms with E-state index < -0.39 is 0 Å². The Morgan fingerprint density at radius 3 is 2.08 bits per heavy atom. The summed E-state index contributed by atoms with van der Waals surface area (Å²) >= 11 is 0. The zero-order valence-corrected chi connectivity index (χ0v) is 22.0. The average molecular weight is 486 g/mol. The van der Waals surface area contributed by atoms with E-state index in [1.807, 2.05) is 0 Å². The van der Waals surface area contributed by atoms with Crippen LogP contribution >= 0.6 is 0 Å². The van der Waals surface area contributed by atoms with Gasteiger partial charge in [0.1, 0.15) is 0 Å². The molecule has 4 bridgehead atoms. The van der Waals surface area contributed by atoms with Crippen molar-refractivity contribution in [2.45, 2.75) is 37.8 Å². The molecule has 138 valence electrons. The van der Waals surface area contributed by atoms with Crippen LogP contribution in [0.4, 0.5) is 0 Å². The quantitative estimate of drug-likeness (QED) is 0.494. The van der Waals surface area contributed by atoms with E-state index >= 15 is 0 Å². The molecule has 0 aromatic carbocycles. The summed E-state index contributed by atoms with van der Waals surface area (Å²) < 4.78 is 0. The normalized spacial score (nSPS) is 34.8. The molecule has 4 aliphatic heterocycles. The Morgan fingerprint density at radius 1 is 0.875 bits per heavy atom. The number of rotatable bonds is 0. The molecule has 0 aromatic heterocycles. The predicted octanol–water partition coefficient (Wildman–Crippen LogP) is 3.06. The molecule has 0 spiro atoms. The monoisotopic (exact) mass is 486 g/mol. The van der Waals surface area contributed by atoms with Gasteiger partial charge < -0.3 is 35.3 Å². The molecule has 0 N–H and O–H groups in total. The fourth-order valence-electron chi connectivity index (χ4n) is 4.34. The van der Waals surface area contributed by atoms with Gasteiger partial charge in [0.25, 0.3) is 0 Å². The van der Waals surface area contributed by atoms with Gasteiger partial charge in [-0.2, -0.15) is 0 Å². The Hall–Kier alpha value is 2.05. The maximum absolute atomic E-state index is 4.56. The third-order valence-electron chi connectivity index (χ3n) is 5.41. The van der Waals surface area contributed by atoms with Gasteiger partial charge in [0.05, 0.1) is 0 Å². The zero-order valence-electron chi connectivity index (χ0n) is 16.3. The molecule has 0 amide bonds. The van der Waals surface area contributed by atoms with Crippen molar-refractivity contribution in [2.24, 2.45) is 11.8 Å². The van der Waals surface area contributed by atoms with Gasteiger partial charge in [-0.3, -0.25) is 0 Å². The smallest absolute Gasteiger partial charge is 0.00619 e. The van der Waals surface area contributed by atoms with Crippen molar-refractivity contribution in [3.63, 3.8) is 0 Å². The summed E-state index contributed by atoms with van der Waals surface area (Å²) in [5.41, 5.74) is 0. The number of likely N-dealkylation sites (tertiary alicyclic amines) is 2. The molecule has 0 saturated carbocycles. The molecular weight excluding hydrogens is 450 g/mol. The minimum absolute atomic E-state index is 0. The van der Waals surface area contributed by atoms with Crippen molar-refractivity contribution < 1.29 is 65.4 Å². The Kier molecular flexibility index (Phi) is 16.6. The second-order valence-corrected chi connectivity index (χ2v) is 7.29. The van der Waals surface area contributed by atoms with Crippen LogP contribution in [0, 0.1) is 26.7 Å². The van der Waals surface area contributed by atoms with Crippen LogP contribution in [0.1, 0.15) is 25.7 Å². The molecule has 4 aliphatic rings. The minimum Gasteiger partial charge on any atom is -0.662 e. The van der Waals surface area contributed by atoms with E-state index in [-0.39, 0.29) is 80.3 Å². The molecule has 24 heavy (non-hydrogen) atoms. The number of hydrogen-bond donors (Lipinski definition) is 0. The summed E-state index contributed by atoms with van der Waals surface area (Å²) in [5, 5.41) is 9.03. The van der Waals surface area contributed by atoms with Crippen LogP contribution in [0.3, 0.4) is 0 Å². The van der Waals surface area contributed by atoms with Gasteiger partial charge in [-0.1, -0.05) is 19.3 Å². The van der Waals surface area contributed by atoms with E-state index in [9.17, 15) is 0 Å². The van der Waals surface area contributed by atoms with Crippen LogP contribution < -0.4 is 0 Å². The summed E-state index contributed by atoms with van der Waals surface area (Å²) in [6.07, 6.45) is 5.37. The summed E-state index contributed by atoms with van der Waals surface area (Å²) in [7, 11) is 4.47. The molecule has 0 aliphatic carbocycles. The molecule has 4 unspecified atom stereocenters. The minimum atomic E-state index is 0. The maximum atomic E-state index is 4.56. The van der Waals surface area contributed by atoms with E-state index in [0.29, 0.717) is 0 Å². The largest absolute Gasteiger partial charge is 0.662 e. The molecule has 2 radical (unpaired) electrons. The first-order chi connectivity index (χ1) is 9.70. The predicted molar refractivity (Wildman–Crippen MR) is 97.3 cm³/mol. The summed E-state index contributed by atoms with van der Waals surface area (Å²) in [5.74, 6) is 1.77. The van der Waals surface area contributed by atoms with Crippen molar-refractivity contribution in [3.05, 3.63) is 25.5 Å². The molecule has 6 heteroatoms. The van der Waals surface area contributed by atoms with Crippen LogP contribution in [0.2, 0.25) is 0 Å². The standard InChI is InChI=1S/2C8H15N2.2CH3.2Y/c1-10-5-7-2-8(6-10)4-9-3-7;1-10-5-3-7-6-8(10)2-4-9-7;;;;/h2*7-8H,2-6H2,1H3;2*1H3;;/q4*-1;;. The zero-order chi connectivity index (χ0) is 13.9. The first kappa shape index (κ1) is 28.3. The van der Waals surface area contributed by atoms with Gasteiger partial charge in [-0.15, -0.1) is 25.7 Å². The number of fused-ring (bicyclic) bond motifs is 4. The van der Waals surface area contributed by atoms with Crippen molar-refractivity contribution >= 4 is 0 Å². The van der Waals surface area contributed by atoms with E-state index in [4.69, 9.17) is 0 Å². The molecule has 4 heterocycles. The van der Waals surface area contributed by atoms with Crippen LogP contribution in [0.5, 0.6) is 0 Å². The van der Waals surface area contributed by atoms with Gasteiger partial charge in [-0.05, 0) is 52.0 Å². The van der Waals surface area contributed by atoms with Crippen molar-refractivity contribution in [3.8, 4) is 0 Å². The summed E-state index contributed by atoms with van der Waals surface area (Å²) in [4.78, 5) is 4.94. The summed E-state index contributed by atoms with van der Waals surface area (Å²) in [6, 6.07) is 1.58. The molecule has 4 saturated heterocycles. The second kappa shape index (κ2) is 14.1. The molecule has 4 nitrogen and oxygen atoms in total. The van der Waals surface area contributed by atoms with E-state index in [0.717, 1.165) is 43.6 Å². The number of nitrogens with zero attached hydrogens (tertiary/aromatic N) is 4. The topological polar surface area (TPSA) is 34.7 Å². The second-order valence-electron chi connectivity index (χ2n) is 7.29. The molecular formula is C18H36N4Y2-4. The van der Waals surface area contributed by atoms with Crippen LogP contribution in [-0.2, 0) is 65.4 Å². The number of piperidine rings is 4. The van der Waals surface area contributed by atoms with Crippen molar-refractivity contribution in [2.75, 3.05) is 53.4 Å². The van der Waals surface area contributed by atoms with Gasteiger partial charge >= 0.3 is 0 Å². The van der Waals surface area contributed by atoms with Crippen LogP contribution in [0.15, 0.2) is 0 Å². The third-order valence-corrected chi connectivity index (χ3v) is 5.41. The van der Waals surface area contributed by atoms with Gasteiger partial charge in [0, 0.05) is 71.5 Å². The SMILES string of the molecule is CN1CC2C[N-]CC(C2)C1.CN1CCC2CC1CC[N-]2.[CH3-].[CH3-].[Y].[Y]. The molecule has 4 atom stereocenters. The Morgan fingerprint density at radius 2 is 1.50 bits per heavy atom. The first-order valence-corrected chi connectivity index (χ1v) is 8.39. The summed E-state index contributed by atoms with van der Waals surface area (Å²) in [6.45, 7) is 7.18.